The van der Waals surface area contributed by atoms with Crippen molar-refractivity contribution in [2.45, 2.75) is 20.4 Å². The number of aryl methyl sites for hydroxylation is 2. The van der Waals surface area contributed by atoms with E-state index < -0.39 is 0 Å². The van der Waals surface area contributed by atoms with E-state index in [0.717, 1.165) is 16.4 Å². The second-order valence-electron chi connectivity index (χ2n) is 4.55. The van der Waals surface area contributed by atoms with Gasteiger partial charge in [0.15, 0.2) is 4.96 Å². The summed E-state index contributed by atoms with van der Waals surface area (Å²) >= 11 is 1.57. The molecule has 2 heterocycles. The highest BCUT2D eigenvalue weighted by Crippen LogP contribution is 2.28. The lowest BCUT2D eigenvalue weighted by Gasteiger charge is -2.07. The fraction of sp³-hybridized carbons (Fsp3) is 0.214. The SMILES string of the molecule is Cc1cc(C)cc(Oc2nc3sccn3c2CN)c1. The molecule has 0 aliphatic carbocycles. The molecule has 0 fully saturated rings. The first kappa shape index (κ1) is 12.2. The summed E-state index contributed by atoms with van der Waals surface area (Å²) in [6, 6.07) is 6.12. The molecule has 0 bridgehead atoms. The van der Waals surface area contributed by atoms with Crippen LogP contribution in [0.2, 0.25) is 0 Å². The van der Waals surface area contributed by atoms with Gasteiger partial charge in [0.2, 0.25) is 5.88 Å². The molecule has 98 valence electrons. The number of imidazole rings is 1. The number of hydrogen-bond donors (Lipinski definition) is 1. The van der Waals surface area contributed by atoms with E-state index in [2.05, 4.69) is 24.9 Å². The third kappa shape index (κ3) is 2.22. The lowest BCUT2D eigenvalue weighted by Crippen LogP contribution is -2.01. The highest BCUT2D eigenvalue weighted by atomic mass is 32.1. The maximum Gasteiger partial charge on any atom is 0.243 e. The molecule has 0 saturated heterocycles. The van der Waals surface area contributed by atoms with Crippen LogP contribution in [0.4, 0.5) is 0 Å². The molecule has 4 nitrogen and oxygen atoms in total. The van der Waals surface area contributed by atoms with Crippen LogP contribution < -0.4 is 10.5 Å². The number of rotatable bonds is 3. The Morgan fingerprint density at radius 1 is 1.26 bits per heavy atom. The Morgan fingerprint density at radius 3 is 2.68 bits per heavy atom. The Kier molecular flexibility index (Phi) is 3.00. The molecular formula is C14H15N3OS. The molecule has 0 unspecified atom stereocenters. The number of nitrogens with two attached hydrogens (primary N) is 1. The molecule has 0 spiro atoms. The van der Waals surface area contributed by atoms with Crippen LogP contribution in [0.15, 0.2) is 29.8 Å². The Bertz CT molecular complexity index is 709. The largest absolute Gasteiger partial charge is 0.437 e. The van der Waals surface area contributed by atoms with Gasteiger partial charge in [-0.1, -0.05) is 6.07 Å². The fourth-order valence-corrected chi connectivity index (χ4v) is 2.91. The van der Waals surface area contributed by atoms with E-state index in [1.165, 1.54) is 11.1 Å². The Labute approximate surface area is 115 Å². The molecule has 0 aliphatic heterocycles. The average molecular weight is 273 g/mol. The molecule has 1 aromatic carbocycles. The monoisotopic (exact) mass is 273 g/mol. The average Bonchev–Trinajstić information content (AvgIpc) is 2.87. The van der Waals surface area contributed by atoms with Crippen LogP contribution in [0.25, 0.3) is 4.96 Å². The van der Waals surface area contributed by atoms with E-state index in [1.54, 1.807) is 11.3 Å². The van der Waals surface area contributed by atoms with Crippen LogP contribution in [-0.2, 0) is 6.54 Å². The van der Waals surface area contributed by atoms with E-state index in [1.807, 2.05) is 28.1 Å². The first-order chi connectivity index (χ1) is 9.17. The minimum absolute atomic E-state index is 0.401. The van der Waals surface area contributed by atoms with Crippen molar-refractivity contribution < 1.29 is 4.74 Å². The quantitative estimate of drug-likeness (QED) is 0.797. The van der Waals surface area contributed by atoms with Crippen LogP contribution in [0.3, 0.4) is 0 Å². The van der Waals surface area contributed by atoms with Crippen molar-refractivity contribution in [3.63, 3.8) is 0 Å². The summed E-state index contributed by atoms with van der Waals surface area (Å²) in [6.07, 6.45) is 1.96. The molecule has 0 atom stereocenters. The molecule has 0 saturated carbocycles. The topological polar surface area (TPSA) is 52.5 Å². The van der Waals surface area contributed by atoms with Gasteiger partial charge in [0.05, 0.1) is 0 Å². The summed E-state index contributed by atoms with van der Waals surface area (Å²) in [5.74, 6) is 1.40. The number of ether oxygens (including phenoxy) is 1. The predicted molar refractivity (Wildman–Crippen MR) is 77.0 cm³/mol. The minimum atomic E-state index is 0.401. The summed E-state index contributed by atoms with van der Waals surface area (Å²) in [5.41, 5.74) is 9.04. The minimum Gasteiger partial charge on any atom is -0.437 e. The number of nitrogens with zero attached hydrogens (tertiary/aromatic N) is 2. The van der Waals surface area contributed by atoms with Crippen molar-refractivity contribution in [2.24, 2.45) is 5.73 Å². The zero-order valence-corrected chi connectivity index (χ0v) is 11.7. The van der Waals surface area contributed by atoms with E-state index >= 15 is 0 Å². The smallest absolute Gasteiger partial charge is 0.243 e. The van der Waals surface area contributed by atoms with Gasteiger partial charge in [-0.2, -0.15) is 4.98 Å². The van der Waals surface area contributed by atoms with Crippen molar-refractivity contribution in [1.29, 1.82) is 0 Å². The molecular weight excluding hydrogens is 258 g/mol. The van der Waals surface area contributed by atoms with Gasteiger partial charge in [-0.25, -0.2) is 0 Å². The Hall–Kier alpha value is -1.85. The normalized spacial score (nSPS) is 11.1. The summed E-state index contributed by atoms with van der Waals surface area (Å²) in [5, 5.41) is 1.99. The van der Waals surface area contributed by atoms with E-state index in [9.17, 15) is 0 Å². The number of benzene rings is 1. The first-order valence-electron chi connectivity index (χ1n) is 6.08. The summed E-state index contributed by atoms with van der Waals surface area (Å²) < 4.78 is 7.87. The molecule has 0 radical (unpaired) electrons. The van der Waals surface area contributed by atoms with Gasteiger partial charge in [0, 0.05) is 18.1 Å². The lowest BCUT2D eigenvalue weighted by atomic mass is 10.1. The Balaban J connectivity index is 2.02. The summed E-state index contributed by atoms with van der Waals surface area (Å²) in [4.78, 5) is 5.38. The summed E-state index contributed by atoms with van der Waals surface area (Å²) in [6.45, 7) is 4.50. The van der Waals surface area contributed by atoms with Gasteiger partial charge in [-0.3, -0.25) is 4.40 Å². The van der Waals surface area contributed by atoms with Crippen LogP contribution >= 0.6 is 11.3 Å². The van der Waals surface area contributed by atoms with Crippen LogP contribution in [0.1, 0.15) is 16.8 Å². The van der Waals surface area contributed by atoms with E-state index in [-0.39, 0.29) is 0 Å². The molecule has 3 rings (SSSR count). The van der Waals surface area contributed by atoms with Gasteiger partial charge < -0.3 is 10.5 Å². The van der Waals surface area contributed by atoms with Crippen molar-refractivity contribution >= 4 is 16.3 Å². The van der Waals surface area contributed by atoms with Gasteiger partial charge in [-0.05, 0) is 37.1 Å². The maximum absolute atomic E-state index is 5.90. The molecule has 3 aromatic rings. The second-order valence-corrected chi connectivity index (χ2v) is 5.42. The zero-order valence-electron chi connectivity index (χ0n) is 10.9. The fourth-order valence-electron chi connectivity index (χ4n) is 2.18. The van der Waals surface area contributed by atoms with Gasteiger partial charge in [0.1, 0.15) is 11.4 Å². The third-order valence-electron chi connectivity index (χ3n) is 2.93. The van der Waals surface area contributed by atoms with Crippen molar-refractivity contribution in [3.8, 4) is 11.6 Å². The molecule has 2 N–H and O–H groups in total. The van der Waals surface area contributed by atoms with E-state index in [0.29, 0.717) is 12.4 Å². The highest BCUT2D eigenvalue weighted by Gasteiger charge is 2.14. The van der Waals surface area contributed by atoms with Gasteiger partial charge in [-0.15, -0.1) is 11.3 Å². The maximum atomic E-state index is 5.90. The second kappa shape index (κ2) is 4.68. The van der Waals surface area contributed by atoms with Gasteiger partial charge >= 0.3 is 0 Å². The van der Waals surface area contributed by atoms with Crippen LogP contribution in [0, 0.1) is 13.8 Å². The first-order valence-corrected chi connectivity index (χ1v) is 6.96. The summed E-state index contributed by atoms with van der Waals surface area (Å²) in [7, 11) is 0. The van der Waals surface area contributed by atoms with Crippen LogP contribution in [-0.4, -0.2) is 9.38 Å². The predicted octanol–water partition coefficient (Wildman–Crippen LogP) is 3.26. The lowest BCUT2D eigenvalue weighted by molar-refractivity contribution is 0.458. The van der Waals surface area contributed by atoms with Crippen LogP contribution in [0.5, 0.6) is 11.6 Å². The molecule has 5 heteroatoms. The standard InChI is InChI=1S/C14H15N3OS/c1-9-5-10(2)7-11(6-9)18-13-12(8-15)17-3-4-19-14(17)16-13/h3-7H,8,15H2,1-2H3. The molecule has 0 amide bonds. The number of thiazole rings is 1. The zero-order chi connectivity index (χ0) is 13.4. The van der Waals surface area contributed by atoms with Gasteiger partial charge in [0.25, 0.3) is 0 Å². The van der Waals surface area contributed by atoms with Crippen molar-refractivity contribution in [3.05, 3.63) is 46.6 Å². The van der Waals surface area contributed by atoms with E-state index in [4.69, 9.17) is 10.5 Å². The van der Waals surface area contributed by atoms with Crippen molar-refractivity contribution in [1.82, 2.24) is 9.38 Å². The number of aromatic nitrogens is 2. The highest BCUT2D eigenvalue weighted by molar-refractivity contribution is 7.15. The molecule has 2 aromatic heterocycles. The number of hydrogen-bond acceptors (Lipinski definition) is 4. The Morgan fingerprint density at radius 2 is 2.00 bits per heavy atom. The van der Waals surface area contributed by atoms with Crippen molar-refractivity contribution in [2.75, 3.05) is 0 Å². The molecule has 19 heavy (non-hydrogen) atoms. The molecule has 0 aliphatic rings. The third-order valence-corrected chi connectivity index (χ3v) is 3.68. The number of fused-ring (bicyclic) bond motifs is 1.